The van der Waals surface area contributed by atoms with Crippen LogP contribution in [0.2, 0.25) is 0 Å². The molecule has 8 heteroatoms. The van der Waals surface area contributed by atoms with Gasteiger partial charge in [-0.3, -0.25) is 9.59 Å². The van der Waals surface area contributed by atoms with Gasteiger partial charge >= 0.3 is 5.97 Å². The molecule has 0 aromatic heterocycles. The number of carbonyl (C=O) groups is 2. The van der Waals surface area contributed by atoms with E-state index in [9.17, 15) is 18.0 Å². The summed E-state index contributed by atoms with van der Waals surface area (Å²) in [5.74, 6) is -2.71. The zero-order chi connectivity index (χ0) is 14.5. The molecular weight excluding hydrogens is 272 g/mol. The molecule has 1 amide bonds. The third-order valence-corrected chi connectivity index (χ3v) is 4.67. The normalized spacial score (nSPS) is 23.2. The zero-order valence-corrected chi connectivity index (χ0v) is 11.7. The number of aliphatic carboxylic acids is 1. The number of amides is 1. The number of carbonyl (C=O) groups excluding carboxylic acids is 1. The molecule has 0 aliphatic heterocycles. The van der Waals surface area contributed by atoms with Crippen LogP contribution in [0.3, 0.4) is 0 Å². The van der Waals surface area contributed by atoms with E-state index in [2.05, 4.69) is 10.0 Å². The summed E-state index contributed by atoms with van der Waals surface area (Å²) >= 11 is 0. The van der Waals surface area contributed by atoms with E-state index in [1.54, 1.807) is 6.92 Å². The van der Waals surface area contributed by atoms with Crippen molar-refractivity contribution in [3.8, 4) is 0 Å². The van der Waals surface area contributed by atoms with Crippen molar-refractivity contribution in [2.24, 2.45) is 11.8 Å². The maximum atomic E-state index is 11.8. The molecule has 0 aromatic carbocycles. The average Bonchev–Trinajstić information content (AvgIpc) is 2.77. The number of rotatable bonds is 7. The van der Waals surface area contributed by atoms with E-state index < -0.39 is 27.8 Å². The van der Waals surface area contributed by atoms with Crippen LogP contribution in [0.15, 0.2) is 0 Å². The highest BCUT2D eigenvalue weighted by atomic mass is 32.2. The molecule has 0 bridgehead atoms. The van der Waals surface area contributed by atoms with Gasteiger partial charge in [0.25, 0.3) is 0 Å². The van der Waals surface area contributed by atoms with E-state index in [0.29, 0.717) is 25.8 Å². The van der Waals surface area contributed by atoms with Crippen molar-refractivity contribution >= 4 is 21.9 Å². The zero-order valence-electron chi connectivity index (χ0n) is 10.9. The lowest BCUT2D eigenvalue weighted by atomic mass is 9.95. The molecule has 0 heterocycles. The fourth-order valence-corrected chi connectivity index (χ4v) is 3.26. The van der Waals surface area contributed by atoms with Crippen molar-refractivity contribution < 1.29 is 23.1 Å². The molecular formula is C11H20N2O5S. The summed E-state index contributed by atoms with van der Waals surface area (Å²) in [6.45, 7) is 1.98. The summed E-state index contributed by atoms with van der Waals surface area (Å²) in [5, 5.41) is 11.5. The molecule has 7 nitrogen and oxygen atoms in total. The molecule has 1 aliphatic rings. The van der Waals surface area contributed by atoms with Crippen LogP contribution < -0.4 is 10.0 Å². The van der Waals surface area contributed by atoms with Crippen molar-refractivity contribution in [2.45, 2.75) is 26.2 Å². The standard InChI is InChI=1S/C11H20N2O5S/c1-2-13-19(17,18)7-6-12-10(14)8-4-3-5-9(8)11(15)16/h8-9,13H,2-7H2,1H3,(H,12,14)(H,15,16). The Bertz CT molecular complexity index is 434. The quantitative estimate of drug-likeness (QED) is 0.588. The van der Waals surface area contributed by atoms with Crippen LogP contribution in [0.1, 0.15) is 26.2 Å². The molecule has 3 N–H and O–H groups in total. The molecule has 0 spiro atoms. The molecule has 110 valence electrons. The summed E-state index contributed by atoms with van der Waals surface area (Å²) in [4.78, 5) is 22.8. The summed E-state index contributed by atoms with van der Waals surface area (Å²) in [7, 11) is -3.36. The average molecular weight is 292 g/mol. The Morgan fingerprint density at radius 3 is 2.47 bits per heavy atom. The first-order chi connectivity index (χ1) is 8.87. The van der Waals surface area contributed by atoms with Gasteiger partial charge in [-0.25, -0.2) is 13.1 Å². The molecule has 2 unspecified atom stereocenters. The number of nitrogens with one attached hydrogen (secondary N) is 2. The molecule has 19 heavy (non-hydrogen) atoms. The molecule has 1 fully saturated rings. The van der Waals surface area contributed by atoms with E-state index in [4.69, 9.17) is 5.11 Å². The number of hydrogen-bond donors (Lipinski definition) is 3. The number of sulfonamides is 1. The van der Waals surface area contributed by atoms with Crippen LogP contribution in [-0.2, 0) is 19.6 Å². The predicted octanol–water partition coefficient (Wildman–Crippen LogP) is -0.457. The van der Waals surface area contributed by atoms with Gasteiger partial charge in [0.1, 0.15) is 0 Å². The van der Waals surface area contributed by atoms with Crippen LogP contribution in [0, 0.1) is 11.8 Å². The number of hydrogen-bond acceptors (Lipinski definition) is 4. The second kappa shape index (κ2) is 6.85. The molecule has 2 atom stereocenters. The van der Waals surface area contributed by atoms with E-state index >= 15 is 0 Å². The third-order valence-electron chi connectivity index (χ3n) is 3.20. The van der Waals surface area contributed by atoms with Crippen molar-refractivity contribution in [1.29, 1.82) is 0 Å². The smallest absolute Gasteiger partial charge is 0.307 e. The maximum Gasteiger partial charge on any atom is 0.307 e. The van der Waals surface area contributed by atoms with Gasteiger partial charge in [0, 0.05) is 13.1 Å². The molecule has 0 radical (unpaired) electrons. The highest BCUT2D eigenvalue weighted by molar-refractivity contribution is 7.89. The Balaban J connectivity index is 2.41. The van der Waals surface area contributed by atoms with E-state index in [1.807, 2.05) is 0 Å². The maximum absolute atomic E-state index is 11.8. The first kappa shape index (κ1) is 15.9. The summed E-state index contributed by atoms with van der Waals surface area (Å²) in [6.07, 6.45) is 1.76. The van der Waals surface area contributed by atoms with E-state index in [0.717, 1.165) is 0 Å². The van der Waals surface area contributed by atoms with Crippen LogP contribution in [0.4, 0.5) is 0 Å². The largest absolute Gasteiger partial charge is 0.481 e. The lowest BCUT2D eigenvalue weighted by molar-refractivity contribution is -0.146. The summed E-state index contributed by atoms with van der Waals surface area (Å²) in [5.41, 5.74) is 0. The van der Waals surface area contributed by atoms with Crippen LogP contribution >= 0.6 is 0 Å². The molecule has 1 aliphatic carbocycles. The SMILES string of the molecule is CCNS(=O)(=O)CCNC(=O)C1CCCC1C(=O)O. The number of carboxylic acids is 1. The third kappa shape index (κ3) is 4.79. The van der Waals surface area contributed by atoms with Gasteiger partial charge in [-0.2, -0.15) is 0 Å². The van der Waals surface area contributed by atoms with Crippen molar-refractivity contribution in [3.05, 3.63) is 0 Å². The van der Waals surface area contributed by atoms with Crippen LogP contribution in [0.5, 0.6) is 0 Å². The first-order valence-electron chi connectivity index (χ1n) is 6.35. The minimum absolute atomic E-state index is 0.00297. The minimum atomic E-state index is -3.36. The van der Waals surface area contributed by atoms with E-state index in [-0.39, 0.29) is 18.2 Å². The Labute approximate surface area is 112 Å². The molecule has 0 aromatic rings. The Hall–Kier alpha value is -1.15. The summed E-state index contributed by atoms with van der Waals surface area (Å²) in [6, 6.07) is 0. The van der Waals surface area contributed by atoms with Gasteiger partial charge < -0.3 is 10.4 Å². The number of carboxylic acid groups (broad SMARTS) is 1. The minimum Gasteiger partial charge on any atom is -0.481 e. The molecule has 1 saturated carbocycles. The topological polar surface area (TPSA) is 113 Å². The fraction of sp³-hybridized carbons (Fsp3) is 0.818. The van der Waals surface area contributed by atoms with Crippen LogP contribution in [0.25, 0.3) is 0 Å². The highest BCUT2D eigenvalue weighted by Crippen LogP contribution is 2.31. The fourth-order valence-electron chi connectivity index (χ4n) is 2.30. The lowest BCUT2D eigenvalue weighted by Gasteiger charge is -2.15. The van der Waals surface area contributed by atoms with Gasteiger partial charge in [-0.05, 0) is 12.8 Å². The second-order valence-corrected chi connectivity index (χ2v) is 6.52. The van der Waals surface area contributed by atoms with E-state index in [1.165, 1.54) is 0 Å². The molecule has 0 saturated heterocycles. The van der Waals surface area contributed by atoms with Gasteiger partial charge in [0.2, 0.25) is 15.9 Å². The Morgan fingerprint density at radius 2 is 1.89 bits per heavy atom. The Morgan fingerprint density at radius 1 is 1.26 bits per heavy atom. The lowest BCUT2D eigenvalue weighted by Crippen LogP contribution is -2.39. The van der Waals surface area contributed by atoms with Gasteiger partial charge in [-0.15, -0.1) is 0 Å². The highest BCUT2D eigenvalue weighted by Gasteiger charge is 2.37. The van der Waals surface area contributed by atoms with Gasteiger partial charge in [0.15, 0.2) is 0 Å². The van der Waals surface area contributed by atoms with Crippen LogP contribution in [-0.4, -0.2) is 44.2 Å². The predicted molar refractivity (Wildman–Crippen MR) is 68.9 cm³/mol. The molecule has 1 rings (SSSR count). The second-order valence-electron chi connectivity index (χ2n) is 4.59. The van der Waals surface area contributed by atoms with Crippen molar-refractivity contribution in [3.63, 3.8) is 0 Å². The summed E-state index contributed by atoms with van der Waals surface area (Å²) < 4.78 is 25.0. The first-order valence-corrected chi connectivity index (χ1v) is 8.00. The van der Waals surface area contributed by atoms with Gasteiger partial charge in [-0.1, -0.05) is 13.3 Å². The monoisotopic (exact) mass is 292 g/mol. The Kier molecular flexibility index (Phi) is 5.74. The van der Waals surface area contributed by atoms with Gasteiger partial charge in [0.05, 0.1) is 17.6 Å². The van der Waals surface area contributed by atoms with Crippen molar-refractivity contribution in [1.82, 2.24) is 10.0 Å². The van der Waals surface area contributed by atoms with Crippen molar-refractivity contribution in [2.75, 3.05) is 18.8 Å².